The van der Waals surface area contributed by atoms with Crippen molar-refractivity contribution in [3.8, 4) is 11.1 Å². The van der Waals surface area contributed by atoms with Gasteiger partial charge in [0.2, 0.25) is 0 Å². The summed E-state index contributed by atoms with van der Waals surface area (Å²) in [6.07, 6.45) is -0.575. The Morgan fingerprint density at radius 3 is 1.95 bits per heavy atom. The molecule has 0 aliphatic carbocycles. The molecule has 0 aliphatic heterocycles. The van der Waals surface area contributed by atoms with E-state index in [0.717, 1.165) is 12.1 Å². The summed E-state index contributed by atoms with van der Waals surface area (Å²) in [7, 11) is 0. The Balaban J connectivity index is 0.00000200. The normalized spacial score (nSPS) is 11.0. The third kappa shape index (κ3) is 3.91. The Bertz CT molecular complexity index is 538. The number of rotatable bonds is 3. The predicted molar refractivity (Wildman–Crippen MR) is 72.5 cm³/mol. The van der Waals surface area contributed by atoms with Gasteiger partial charge in [0.1, 0.15) is 5.82 Å². The number of hydrogen-bond acceptors (Lipinski definition) is 3. The van der Waals surface area contributed by atoms with Crippen molar-refractivity contribution in [1.29, 1.82) is 0 Å². The monoisotopic (exact) mass is 303 g/mol. The van der Waals surface area contributed by atoms with Crippen molar-refractivity contribution < 1.29 is 13.2 Å². The highest BCUT2D eigenvalue weighted by molar-refractivity contribution is 5.85. The number of benzene rings is 1. The molecule has 2 rings (SSSR count). The number of alkyl halides is 3. The van der Waals surface area contributed by atoms with E-state index >= 15 is 0 Å². The summed E-state index contributed by atoms with van der Waals surface area (Å²) in [5.41, 5.74) is 6.03. The number of aromatic nitrogens is 2. The van der Waals surface area contributed by atoms with Gasteiger partial charge in [0, 0.05) is 24.4 Å². The van der Waals surface area contributed by atoms with E-state index in [1.54, 1.807) is 12.4 Å². The zero-order valence-electron chi connectivity index (χ0n) is 10.4. The maximum atomic E-state index is 12.4. The van der Waals surface area contributed by atoms with Crippen molar-refractivity contribution in [2.75, 3.05) is 6.54 Å². The quantitative estimate of drug-likeness (QED) is 0.948. The lowest BCUT2D eigenvalue weighted by Crippen LogP contribution is -2.06. The van der Waals surface area contributed by atoms with Gasteiger partial charge < -0.3 is 5.73 Å². The molecule has 0 atom stereocenters. The fourth-order valence-corrected chi connectivity index (χ4v) is 1.61. The third-order valence-corrected chi connectivity index (χ3v) is 2.62. The number of halogens is 4. The molecule has 0 aliphatic rings. The highest BCUT2D eigenvalue weighted by atomic mass is 35.5. The fourth-order valence-electron chi connectivity index (χ4n) is 1.61. The van der Waals surface area contributed by atoms with Gasteiger partial charge in [0.25, 0.3) is 0 Å². The first kappa shape index (κ1) is 16.4. The molecule has 1 aromatic carbocycles. The smallest absolute Gasteiger partial charge is 0.330 e. The van der Waals surface area contributed by atoms with Crippen LogP contribution in [0.5, 0.6) is 0 Å². The minimum absolute atomic E-state index is 0. The van der Waals surface area contributed by atoms with E-state index in [2.05, 4.69) is 9.97 Å². The zero-order chi connectivity index (χ0) is 13.9. The standard InChI is InChI=1S/C13H12F3N3.ClH/c14-13(15,16)11-3-1-9(2-4-11)10-7-18-12(5-6-17)19-8-10;/h1-4,7-8H,5-6,17H2;1H. The summed E-state index contributed by atoms with van der Waals surface area (Å²) in [5, 5.41) is 0. The highest BCUT2D eigenvalue weighted by Crippen LogP contribution is 2.30. The van der Waals surface area contributed by atoms with Gasteiger partial charge in [-0.15, -0.1) is 12.4 Å². The Morgan fingerprint density at radius 2 is 1.50 bits per heavy atom. The van der Waals surface area contributed by atoms with Crippen molar-refractivity contribution >= 4 is 12.4 Å². The Hall–Kier alpha value is -1.66. The van der Waals surface area contributed by atoms with E-state index in [0.29, 0.717) is 29.9 Å². The van der Waals surface area contributed by atoms with Gasteiger partial charge in [-0.05, 0) is 24.2 Å². The largest absolute Gasteiger partial charge is 0.416 e. The minimum atomic E-state index is -4.32. The average Bonchev–Trinajstić information content (AvgIpc) is 2.39. The van der Waals surface area contributed by atoms with Crippen LogP contribution in [0.1, 0.15) is 11.4 Å². The molecule has 0 saturated carbocycles. The lowest BCUT2D eigenvalue weighted by atomic mass is 10.1. The van der Waals surface area contributed by atoms with Crippen LogP contribution in [-0.4, -0.2) is 16.5 Å². The van der Waals surface area contributed by atoms with Crippen LogP contribution in [0, 0.1) is 0 Å². The molecule has 2 N–H and O–H groups in total. The lowest BCUT2D eigenvalue weighted by molar-refractivity contribution is -0.137. The van der Waals surface area contributed by atoms with Gasteiger partial charge in [-0.25, -0.2) is 9.97 Å². The van der Waals surface area contributed by atoms with Crippen molar-refractivity contribution in [2.24, 2.45) is 5.73 Å². The molecule has 0 fully saturated rings. The molecule has 0 radical (unpaired) electrons. The first-order valence-electron chi connectivity index (χ1n) is 5.69. The summed E-state index contributed by atoms with van der Waals surface area (Å²) >= 11 is 0. The Labute approximate surface area is 120 Å². The second-order valence-electron chi connectivity index (χ2n) is 4.00. The van der Waals surface area contributed by atoms with Gasteiger partial charge in [-0.2, -0.15) is 13.2 Å². The molecule has 0 amide bonds. The van der Waals surface area contributed by atoms with Gasteiger partial charge >= 0.3 is 6.18 Å². The summed E-state index contributed by atoms with van der Waals surface area (Å²) in [6.45, 7) is 0.458. The maximum Gasteiger partial charge on any atom is 0.416 e. The van der Waals surface area contributed by atoms with Crippen LogP contribution in [0.4, 0.5) is 13.2 Å². The molecule has 0 bridgehead atoms. The summed E-state index contributed by atoms with van der Waals surface area (Å²) in [4.78, 5) is 8.21. The van der Waals surface area contributed by atoms with Crippen LogP contribution >= 0.6 is 12.4 Å². The molecule has 20 heavy (non-hydrogen) atoms. The van der Waals surface area contributed by atoms with Crippen LogP contribution in [0.25, 0.3) is 11.1 Å². The lowest BCUT2D eigenvalue weighted by Gasteiger charge is -2.07. The van der Waals surface area contributed by atoms with Gasteiger partial charge in [0.05, 0.1) is 5.56 Å². The molecule has 1 aromatic heterocycles. The van der Waals surface area contributed by atoms with Gasteiger partial charge in [0.15, 0.2) is 0 Å². The van der Waals surface area contributed by atoms with Crippen LogP contribution < -0.4 is 5.73 Å². The molecule has 0 saturated heterocycles. The molecule has 1 heterocycles. The topological polar surface area (TPSA) is 51.8 Å². The molecule has 0 unspecified atom stereocenters. The molecule has 108 valence electrons. The van der Waals surface area contributed by atoms with E-state index < -0.39 is 11.7 Å². The average molecular weight is 304 g/mol. The van der Waals surface area contributed by atoms with Crippen LogP contribution in [-0.2, 0) is 12.6 Å². The van der Waals surface area contributed by atoms with E-state index in [4.69, 9.17) is 5.73 Å². The highest BCUT2D eigenvalue weighted by Gasteiger charge is 2.29. The predicted octanol–water partition coefficient (Wildman–Crippen LogP) is 3.09. The second kappa shape index (κ2) is 6.67. The summed E-state index contributed by atoms with van der Waals surface area (Å²) in [5.74, 6) is 0.623. The second-order valence-corrected chi connectivity index (χ2v) is 4.00. The molecular weight excluding hydrogens is 291 g/mol. The van der Waals surface area contributed by atoms with Crippen LogP contribution in [0.2, 0.25) is 0 Å². The number of nitrogens with two attached hydrogens (primary N) is 1. The third-order valence-electron chi connectivity index (χ3n) is 2.62. The van der Waals surface area contributed by atoms with Crippen molar-refractivity contribution in [3.05, 3.63) is 48.0 Å². The van der Waals surface area contributed by atoms with Crippen molar-refractivity contribution in [1.82, 2.24) is 9.97 Å². The van der Waals surface area contributed by atoms with Gasteiger partial charge in [-0.3, -0.25) is 0 Å². The molecular formula is C13H13ClF3N3. The Kier molecular flexibility index (Phi) is 5.47. The first-order chi connectivity index (χ1) is 9.00. The molecule has 0 spiro atoms. The Morgan fingerprint density at radius 1 is 0.950 bits per heavy atom. The number of hydrogen-bond donors (Lipinski definition) is 1. The summed E-state index contributed by atoms with van der Waals surface area (Å²) in [6, 6.07) is 4.90. The van der Waals surface area contributed by atoms with Crippen LogP contribution in [0.15, 0.2) is 36.7 Å². The van der Waals surface area contributed by atoms with E-state index in [-0.39, 0.29) is 12.4 Å². The van der Waals surface area contributed by atoms with Crippen LogP contribution in [0.3, 0.4) is 0 Å². The van der Waals surface area contributed by atoms with Crippen molar-refractivity contribution in [3.63, 3.8) is 0 Å². The van der Waals surface area contributed by atoms with E-state index in [9.17, 15) is 13.2 Å². The SMILES string of the molecule is Cl.NCCc1ncc(-c2ccc(C(F)(F)F)cc2)cn1. The van der Waals surface area contributed by atoms with E-state index in [1.165, 1.54) is 12.1 Å². The van der Waals surface area contributed by atoms with Gasteiger partial charge in [-0.1, -0.05) is 12.1 Å². The van der Waals surface area contributed by atoms with Crippen molar-refractivity contribution in [2.45, 2.75) is 12.6 Å². The fraction of sp³-hybridized carbons (Fsp3) is 0.231. The summed E-state index contributed by atoms with van der Waals surface area (Å²) < 4.78 is 37.3. The minimum Gasteiger partial charge on any atom is -0.330 e. The zero-order valence-corrected chi connectivity index (χ0v) is 11.2. The first-order valence-corrected chi connectivity index (χ1v) is 5.69. The maximum absolute atomic E-state index is 12.4. The molecule has 3 nitrogen and oxygen atoms in total. The number of nitrogens with zero attached hydrogens (tertiary/aromatic N) is 2. The molecule has 2 aromatic rings. The van der Waals surface area contributed by atoms with E-state index in [1.807, 2.05) is 0 Å². The molecule has 7 heteroatoms.